The average molecular weight is 398 g/mol. The zero-order valence-electron chi connectivity index (χ0n) is 18.1. The van der Waals surface area contributed by atoms with E-state index in [1.165, 1.54) is 54.3 Å². The van der Waals surface area contributed by atoms with Crippen LogP contribution in [0.2, 0.25) is 0 Å². The molecule has 0 atom stereocenters. The van der Waals surface area contributed by atoms with Gasteiger partial charge in [0.15, 0.2) is 11.0 Å². The zero-order chi connectivity index (χ0) is 20.7. The van der Waals surface area contributed by atoms with Crippen molar-refractivity contribution in [3.8, 4) is 17.2 Å². The molecule has 0 saturated heterocycles. The van der Waals surface area contributed by atoms with E-state index in [1.54, 1.807) is 0 Å². The highest BCUT2D eigenvalue weighted by Gasteiger charge is 2.32. The zero-order valence-corrected chi connectivity index (χ0v) is 18.1. The molecule has 0 amide bonds. The molecule has 1 fully saturated rings. The number of fused-ring (bicyclic) bond motifs is 1. The second-order valence-electron chi connectivity index (χ2n) is 8.58. The first-order valence-electron chi connectivity index (χ1n) is 11.0. The number of para-hydroxylation sites is 2. The topological polar surface area (TPSA) is 34.6 Å². The van der Waals surface area contributed by atoms with Crippen molar-refractivity contribution in [1.82, 2.24) is 14.5 Å². The summed E-state index contributed by atoms with van der Waals surface area (Å²) in [5, 5.41) is 0. The number of rotatable bonds is 3. The van der Waals surface area contributed by atoms with Crippen molar-refractivity contribution in [2.45, 2.75) is 51.9 Å². The Kier molecular flexibility index (Phi) is 4.86. The van der Waals surface area contributed by atoms with Crippen LogP contribution in [0.3, 0.4) is 0 Å². The van der Waals surface area contributed by atoms with Gasteiger partial charge in [-0.15, -0.1) is 0 Å². The van der Waals surface area contributed by atoms with Crippen LogP contribution in [0, 0.1) is 13.8 Å². The molecule has 5 rings (SSSR count). The average Bonchev–Trinajstić information content (AvgIpc) is 3.07. The van der Waals surface area contributed by atoms with Crippen LogP contribution in [-0.2, 0) is 7.05 Å². The minimum absolute atomic E-state index is 0.484. The maximum Gasteiger partial charge on any atom is 0.296 e. The molecule has 4 heteroatoms. The van der Waals surface area contributed by atoms with Crippen molar-refractivity contribution in [3.05, 3.63) is 71.7 Å². The van der Waals surface area contributed by atoms with Gasteiger partial charge in [-0.2, -0.15) is 4.57 Å². The SMILES string of the molecule is Cc1cnc(-n2c(-c3ccccc3C)[n+](C)c3ccccc32)c(C2CCCCC2)n1. The molecule has 4 aromatic rings. The van der Waals surface area contributed by atoms with Crippen LogP contribution in [0.5, 0.6) is 0 Å². The predicted molar refractivity (Wildman–Crippen MR) is 121 cm³/mol. The van der Waals surface area contributed by atoms with Crippen LogP contribution >= 0.6 is 0 Å². The van der Waals surface area contributed by atoms with Gasteiger partial charge in [-0.25, -0.2) is 9.55 Å². The molecule has 0 unspecified atom stereocenters. The number of benzene rings is 2. The molecule has 1 aliphatic carbocycles. The van der Waals surface area contributed by atoms with E-state index in [9.17, 15) is 0 Å². The Bertz CT molecular complexity index is 1220. The van der Waals surface area contributed by atoms with Crippen molar-refractivity contribution < 1.29 is 4.57 Å². The minimum Gasteiger partial charge on any atom is -0.250 e. The van der Waals surface area contributed by atoms with Crippen LogP contribution in [-0.4, -0.2) is 14.5 Å². The van der Waals surface area contributed by atoms with E-state index in [2.05, 4.69) is 78.6 Å². The fraction of sp³-hybridized carbons (Fsp3) is 0.346. The first-order valence-corrected chi connectivity index (χ1v) is 11.0. The first kappa shape index (κ1) is 19.0. The van der Waals surface area contributed by atoms with E-state index in [0.717, 1.165) is 23.0 Å². The lowest BCUT2D eigenvalue weighted by Gasteiger charge is -2.22. The van der Waals surface area contributed by atoms with Crippen LogP contribution in [0.25, 0.3) is 28.2 Å². The van der Waals surface area contributed by atoms with E-state index < -0.39 is 0 Å². The van der Waals surface area contributed by atoms with Gasteiger partial charge < -0.3 is 0 Å². The van der Waals surface area contributed by atoms with Gasteiger partial charge in [-0.05, 0) is 50.5 Å². The summed E-state index contributed by atoms with van der Waals surface area (Å²) in [5.41, 5.74) is 7.02. The number of hydrogen-bond acceptors (Lipinski definition) is 2. The largest absolute Gasteiger partial charge is 0.296 e. The Labute approximate surface area is 178 Å². The molecule has 2 aromatic carbocycles. The van der Waals surface area contributed by atoms with Gasteiger partial charge >= 0.3 is 0 Å². The Hall–Kier alpha value is -3.01. The molecule has 0 N–H and O–H groups in total. The summed E-state index contributed by atoms with van der Waals surface area (Å²) >= 11 is 0. The van der Waals surface area contributed by atoms with Crippen molar-refractivity contribution in [2.24, 2.45) is 7.05 Å². The van der Waals surface area contributed by atoms with E-state index in [1.807, 2.05) is 6.20 Å². The fourth-order valence-corrected chi connectivity index (χ4v) is 4.97. The Morgan fingerprint density at radius 3 is 2.47 bits per heavy atom. The quantitative estimate of drug-likeness (QED) is 0.423. The summed E-state index contributed by atoms with van der Waals surface area (Å²) in [7, 11) is 2.16. The minimum atomic E-state index is 0.484. The van der Waals surface area contributed by atoms with Gasteiger partial charge in [0.25, 0.3) is 5.82 Å². The maximum atomic E-state index is 5.05. The monoisotopic (exact) mass is 397 g/mol. The van der Waals surface area contributed by atoms with Crippen LogP contribution < -0.4 is 4.57 Å². The molecule has 0 radical (unpaired) electrons. The summed E-state index contributed by atoms with van der Waals surface area (Å²) < 4.78 is 4.64. The molecule has 0 bridgehead atoms. The first-order chi connectivity index (χ1) is 14.6. The Morgan fingerprint density at radius 2 is 1.67 bits per heavy atom. The second-order valence-corrected chi connectivity index (χ2v) is 8.58. The van der Waals surface area contributed by atoms with Gasteiger partial charge in [0.1, 0.15) is 5.69 Å². The highest BCUT2D eigenvalue weighted by atomic mass is 15.2. The summed E-state index contributed by atoms with van der Waals surface area (Å²) in [6.45, 7) is 4.24. The number of hydrogen-bond donors (Lipinski definition) is 0. The lowest BCUT2D eigenvalue weighted by atomic mass is 9.86. The molecule has 4 nitrogen and oxygen atoms in total. The number of nitrogens with zero attached hydrogens (tertiary/aromatic N) is 4. The van der Waals surface area contributed by atoms with Crippen LogP contribution in [0.1, 0.15) is 55.0 Å². The van der Waals surface area contributed by atoms with Gasteiger partial charge in [0.05, 0.1) is 24.5 Å². The van der Waals surface area contributed by atoms with Gasteiger partial charge in [-0.1, -0.05) is 49.6 Å². The van der Waals surface area contributed by atoms with Crippen molar-refractivity contribution in [3.63, 3.8) is 0 Å². The molecular weight excluding hydrogens is 368 g/mol. The van der Waals surface area contributed by atoms with Gasteiger partial charge in [0.2, 0.25) is 5.82 Å². The number of aryl methyl sites for hydroxylation is 3. The molecule has 1 aliphatic rings. The molecule has 0 spiro atoms. The van der Waals surface area contributed by atoms with E-state index in [0.29, 0.717) is 5.92 Å². The van der Waals surface area contributed by atoms with Crippen LogP contribution in [0.4, 0.5) is 0 Å². The van der Waals surface area contributed by atoms with Crippen LogP contribution in [0.15, 0.2) is 54.7 Å². The number of aromatic nitrogens is 4. The third kappa shape index (κ3) is 3.11. The van der Waals surface area contributed by atoms with Gasteiger partial charge in [-0.3, -0.25) is 4.98 Å². The van der Waals surface area contributed by atoms with E-state index in [4.69, 9.17) is 9.97 Å². The highest BCUT2D eigenvalue weighted by Crippen LogP contribution is 2.36. The van der Waals surface area contributed by atoms with Crippen molar-refractivity contribution >= 4 is 11.0 Å². The summed E-state index contributed by atoms with van der Waals surface area (Å²) in [5.74, 6) is 2.63. The van der Waals surface area contributed by atoms with E-state index in [-0.39, 0.29) is 0 Å². The molecule has 0 aliphatic heterocycles. The molecule has 1 saturated carbocycles. The van der Waals surface area contributed by atoms with Crippen molar-refractivity contribution in [2.75, 3.05) is 0 Å². The molecule has 152 valence electrons. The second kappa shape index (κ2) is 7.67. The summed E-state index contributed by atoms with van der Waals surface area (Å²) in [6, 6.07) is 17.2. The number of imidazole rings is 1. The highest BCUT2D eigenvalue weighted by molar-refractivity contribution is 5.79. The predicted octanol–water partition coefficient (Wildman–Crippen LogP) is 5.58. The van der Waals surface area contributed by atoms with Gasteiger partial charge in [0, 0.05) is 5.92 Å². The lowest BCUT2D eigenvalue weighted by Crippen LogP contribution is -2.30. The molecule has 2 heterocycles. The lowest BCUT2D eigenvalue weighted by molar-refractivity contribution is -0.633. The Balaban J connectivity index is 1.84. The smallest absolute Gasteiger partial charge is 0.250 e. The van der Waals surface area contributed by atoms with Crippen molar-refractivity contribution in [1.29, 1.82) is 0 Å². The molecule has 30 heavy (non-hydrogen) atoms. The third-order valence-corrected chi connectivity index (χ3v) is 6.50. The van der Waals surface area contributed by atoms with E-state index >= 15 is 0 Å². The fourth-order valence-electron chi connectivity index (χ4n) is 4.97. The maximum absolute atomic E-state index is 5.05. The standard InChI is InChI=1S/C26H29N4/c1-18-11-7-8-14-21(18)26-29(3)22-15-9-10-16-23(22)30(26)25-24(28-19(2)17-27-25)20-12-5-4-6-13-20/h7-11,14-17,20H,4-6,12-13H2,1-3H3/q+1. The molecular formula is C26H29N4+. The Morgan fingerprint density at radius 1 is 0.933 bits per heavy atom. The normalized spacial score (nSPS) is 15.0. The summed E-state index contributed by atoms with van der Waals surface area (Å²) in [4.78, 5) is 10.0. The third-order valence-electron chi connectivity index (χ3n) is 6.50. The molecule has 2 aromatic heterocycles. The summed E-state index contributed by atoms with van der Waals surface area (Å²) in [6.07, 6.45) is 8.22.